The van der Waals surface area contributed by atoms with Gasteiger partial charge in [-0.2, -0.15) is 0 Å². The van der Waals surface area contributed by atoms with Gasteiger partial charge >= 0.3 is 5.97 Å². The molecule has 1 aliphatic heterocycles. The molecule has 1 N–H and O–H groups in total. The van der Waals surface area contributed by atoms with Crippen molar-refractivity contribution in [3.8, 4) is 33.1 Å². The van der Waals surface area contributed by atoms with Crippen molar-refractivity contribution in [2.75, 3.05) is 31.1 Å². The van der Waals surface area contributed by atoms with Crippen LogP contribution in [0.25, 0.3) is 21.6 Å². The quantitative estimate of drug-likeness (QED) is 0.186. The van der Waals surface area contributed by atoms with Gasteiger partial charge in [0.2, 0.25) is 0 Å². The predicted molar refractivity (Wildman–Crippen MR) is 180 cm³/mol. The number of hydrogen-bond acceptors (Lipinski definition) is 6. The van der Waals surface area contributed by atoms with Crippen molar-refractivity contribution >= 4 is 34.6 Å². The maximum absolute atomic E-state index is 12.2. The third kappa shape index (κ3) is 6.36. The first-order valence-corrected chi connectivity index (χ1v) is 15.9. The van der Waals surface area contributed by atoms with E-state index in [1.807, 2.05) is 63.2 Å². The highest BCUT2D eigenvalue weighted by Crippen LogP contribution is 2.38. The Labute approximate surface area is 267 Å². The van der Waals surface area contributed by atoms with Crippen LogP contribution in [0.15, 0.2) is 84.9 Å². The Balaban J connectivity index is 1.20. The lowest BCUT2D eigenvalue weighted by atomic mass is 9.99. The zero-order valence-electron chi connectivity index (χ0n) is 25.0. The molecule has 0 amide bonds. The van der Waals surface area contributed by atoms with Crippen LogP contribution in [0, 0.1) is 20.8 Å². The second kappa shape index (κ2) is 12.8. The molecule has 0 saturated carbocycles. The van der Waals surface area contributed by atoms with Crippen LogP contribution >= 0.6 is 22.9 Å². The normalized spacial score (nSPS) is 13.7. The minimum atomic E-state index is -1.01. The van der Waals surface area contributed by atoms with Gasteiger partial charge in [-0.1, -0.05) is 60.1 Å². The highest BCUT2D eigenvalue weighted by Gasteiger charge is 2.24. The van der Waals surface area contributed by atoms with E-state index in [2.05, 4.69) is 51.2 Å². The molecule has 6 nitrogen and oxygen atoms in total. The van der Waals surface area contributed by atoms with Gasteiger partial charge in [0.05, 0.1) is 15.6 Å². The highest BCUT2D eigenvalue weighted by molar-refractivity contribution is 7.15. The predicted octanol–water partition coefficient (Wildman–Crippen LogP) is 8.87. The van der Waals surface area contributed by atoms with Crippen LogP contribution in [0.4, 0.5) is 5.69 Å². The van der Waals surface area contributed by atoms with Crippen LogP contribution in [0.3, 0.4) is 0 Å². The first kappa shape index (κ1) is 29.9. The van der Waals surface area contributed by atoms with Gasteiger partial charge in [-0.3, -0.25) is 4.90 Å². The number of aromatic carboxylic acids is 1. The number of benzene rings is 4. The lowest BCUT2D eigenvalue weighted by Crippen LogP contribution is -2.46. The summed E-state index contributed by atoms with van der Waals surface area (Å²) in [5.41, 5.74) is 7.61. The van der Waals surface area contributed by atoms with Gasteiger partial charge in [0.15, 0.2) is 0 Å². The number of carboxylic acid groups (broad SMARTS) is 1. The van der Waals surface area contributed by atoms with E-state index in [1.54, 1.807) is 17.4 Å². The number of hydrogen-bond donors (Lipinski definition) is 1. The Hall–Kier alpha value is -4.17. The van der Waals surface area contributed by atoms with Gasteiger partial charge in [0.1, 0.15) is 17.1 Å². The molecule has 5 aromatic rings. The summed E-state index contributed by atoms with van der Waals surface area (Å²) >= 11 is 7.77. The lowest BCUT2D eigenvalue weighted by molar-refractivity contribution is 0.0694. The van der Waals surface area contributed by atoms with Crippen molar-refractivity contribution in [1.82, 2.24) is 9.88 Å². The number of piperazine rings is 1. The molecule has 0 unspecified atom stereocenters. The zero-order valence-corrected chi connectivity index (χ0v) is 26.6. The molecule has 2 heterocycles. The largest absolute Gasteiger partial charge is 0.478 e. The highest BCUT2D eigenvalue weighted by atomic mass is 35.5. The number of anilines is 1. The Bertz CT molecular complexity index is 1810. The van der Waals surface area contributed by atoms with Crippen LogP contribution in [-0.4, -0.2) is 47.1 Å². The number of aryl methyl sites for hydroxylation is 2. The number of carboxylic acids is 1. The fourth-order valence-corrected chi connectivity index (χ4v) is 6.94. The summed E-state index contributed by atoms with van der Waals surface area (Å²) < 4.78 is 6.36. The number of thiazole rings is 1. The third-order valence-electron chi connectivity index (χ3n) is 8.11. The lowest BCUT2D eigenvalue weighted by Gasteiger charge is -2.37. The van der Waals surface area contributed by atoms with E-state index < -0.39 is 5.97 Å². The molecule has 6 rings (SSSR count). The summed E-state index contributed by atoms with van der Waals surface area (Å²) in [5.74, 6) is -0.0348. The molecule has 0 atom stereocenters. The van der Waals surface area contributed by atoms with Crippen LogP contribution in [0.5, 0.6) is 11.5 Å². The molecule has 0 bridgehead atoms. The molecule has 0 radical (unpaired) electrons. The minimum absolute atomic E-state index is 0.152. The topological polar surface area (TPSA) is 65.9 Å². The summed E-state index contributed by atoms with van der Waals surface area (Å²) in [5, 5.41) is 11.8. The van der Waals surface area contributed by atoms with Crippen molar-refractivity contribution in [2.45, 2.75) is 27.3 Å². The molecule has 0 spiro atoms. The molecule has 0 aliphatic carbocycles. The Kier molecular flexibility index (Phi) is 8.71. The first-order chi connectivity index (χ1) is 21.3. The van der Waals surface area contributed by atoms with E-state index in [1.165, 1.54) is 11.1 Å². The monoisotopic (exact) mass is 623 g/mol. The van der Waals surface area contributed by atoms with Crippen LogP contribution in [0.1, 0.15) is 32.2 Å². The fraction of sp³-hybridized carbons (Fsp3) is 0.222. The molecule has 4 aromatic carbocycles. The van der Waals surface area contributed by atoms with Crippen LogP contribution in [0.2, 0.25) is 5.02 Å². The van der Waals surface area contributed by atoms with E-state index >= 15 is 0 Å². The van der Waals surface area contributed by atoms with Gasteiger partial charge in [0.25, 0.3) is 0 Å². The summed E-state index contributed by atoms with van der Waals surface area (Å²) in [6, 6.07) is 27.9. The van der Waals surface area contributed by atoms with Crippen LogP contribution < -0.4 is 9.64 Å². The van der Waals surface area contributed by atoms with Crippen molar-refractivity contribution in [1.29, 1.82) is 0 Å². The second-order valence-corrected chi connectivity index (χ2v) is 12.7. The summed E-state index contributed by atoms with van der Waals surface area (Å²) in [6.07, 6.45) is 0. The van der Waals surface area contributed by atoms with E-state index in [0.717, 1.165) is 75.7 Å². The number of halogens is 1. The molecule has 1 aliphatic rings. The number of rotatable bonds is 8. The standard InChI is InChI=1S/C36H34ClN3O3S/c1-23-33(40-19-17-39(18-20-40)22-28-7-4-5-10-31(28)26-11-13-29(37)14-12-26)16-15-32(36(41)42)34(23)43-30-9-6-8-27(21-30)35-24(2)38-25(3)44-35/h4-16,21H,17-20,22H2,1-3H3,(H,41,42). The van der Waals surface area contributed by atoms with E-state index in [-0.39, 0.29) is 5.56 Å². The molecule has 1 aromatic heterocycles. The molecule has 8 heteroatoms. The Morgan fingerprint density at radius 2 is 1.66 bits per heavy atom. The van der Waals surface area contributed by atoms with Crippen LogP contribution in [-0.2, 0) is 6.54 Å². The molecule has 1 fully saturated rings. The van der Waals surface area contributed by atoms with Crippen molar-refractivity contribution in [3.05, 3.63) is 117 Å². The number of aromatic nitrogens is 1. The molecule has 44 heavy (non-hydrogen) atoms. The molecule has 224 valence electrons. The van der Waals surface area contributed by atoms with E-state index in [0.29, 0.717) is 11.5 Å². The number of nitrogens with zero attached hydrogens (tertiary/aromatic N) is 3. The molecular weight excluding hydrogens is 590 g/mol. The average molecular weight is 624 g/mol. The van der Waals surface area contributed by atoms with E-state index in [9.17, 15) is 9.90 Å². The number of ether oxygens (including phenoxy) is 1. The fourth-order valence-electron chi connectivity index (χ4n) is 5.90. The third-order valence-corrected chi connectivity index (χ3v) is 9.48. The average Bonchev–Trinajstić information content (AvgIpc) is 3.37. The van der Waals surface area contributed by atoms with Gasteiger partial charge in [0, 0.05) is 49.0 Å². The van der Waals surface area contributed by atoms with E-state index in [4.69, 9.17) is 16.3 Å². The second-order valence-electron chi connectivity index (χ2n) is 11.1. The van der Waals surface area contributed by atoms with Crippen molar-refractivity contribution < 1.29 is 14.6 Å². The summed E-state index contributed by atoms with van der Waals surface area (Å²) in [6.45, 7) is 10.2. The SMILES string of the molecule is Cc1nc(C)c(-c2cccc(Oc3c(C(=O)O)ccc(N4CCN(Cc5ccccc5-c5ccc(Cl)cc5)CC4)c3C)c2)s1. The van der Waals surface area contributed by atoms with Gasteiger partial charge in [-0.05, 0) is 79.4 Å². The summed E-state index contributed by atoms with van der Waals surface area (Å²) in [7, 11) is 0. The Morgan fingerprint density at radius 3 is 2.36 bits per heavy atom. The summed E-state index contributed by atoms with van der Waals surface area (Å²) in [4.78, 5) is 22.7. The molecule has 1 saturated heterocycles. The first-order valence-electron chi connectivity index (χ1n) is 14.7. The minimum Gasteiger partial charge on any atom is -0.478 e. The zero-order chi connectivity index (χ0) is 30.8. The van der Waals surface area contributed by atoms with Crippen molar-refractivity contribution in [2.24, 2.45) is 0 Å². The van der Waals surface area contributed by atoms with Gasteiger partial charge in [-0.25, -0.2) is 9.78 Å². The maximum atomic E-state index is 12.2. The van der Waals surface area contributed by atoms with Gasteiger partial charge < -0.3 is 14.7 Å². The number of carbonyl (C=O) groups is 1. The smallest absolute Gasteiger partial charge is 0.339 e. The Morgan fingerprint density at radius 1 is 0.909 bits per heavy atom. The molecular formula is C36H34ClN3O3S. The van der Waals surface area contributed by atoms with Gasteiger partial charge in [-0.15, -0.1) is 11.3 Å². The maximum Gasteiger partial charge on any atom is 0.339 e. The van der Waals surface area contributed by atoms with Crippen molar-refractivity contribution in [3.63, 3.8) is 0 Å².